The van der Waals surface area contributed by atoms with Crippen LogP contribution in [0.25, 0.3) is 0 Å². The Morgan fingerprint density at radius 2 is 2.06 bits per heavy atom. The molecule has 0 saturated carbocycles. The molecule has 0 radical (unpaired) electrons. The molecule has 1 amide bonds. The Kier molecular flexibility index (Phi) is 3.34. The van der Waals surface area contributed by atoms with Gasteiger partial charge >= 0.3 is 6.09 Å². The third-order valence-electron chi connectivity index (χ3n) is 3.87. The molecule has 0 aliphatic carbocycles. The quantitative estimate of drug-likeness (QED) is 0.676. The van der Waals surface area contributed by atoms with Gasteiger partial charge in [-0.2, -0.15) is 0 Å². The second kappa shape index (κ2) is 4.41. The largest absolute Gasteiger partial charge is 0.444 e. The van der Waals surface area contributed by atoms with Gasteiger partial charge in [-0.05, 0) is 33.1 Å². The van der Waals surface area contributed by atoms with Gasteiger partial charge in [-0.1, -0.05) is 13.8 Å². The van der Waals surface area contributed by atoms with E-state index in [2.05, 4.69) is 13.8 Å². The van der Waals surface area contributed by atoms with Crippen LogP contribution in [0, 0.1) is 11.8 Å². The summed E-state index contributed by atoms with van der Waals surface area (Å²) in [5, 5.41) is 0. The number of nitrogens with zero attached hydrogens (tertiary/aromatic N) is 1. The number of epoxide rings is 1. The van der Waals surface area contributed by atoms with Gasteiger partial charge < -0.3 is 14.4 Å². The number of carbonyl (C=O) groups is 1. The summed E-state index contributed by atoms with van der Waals surface area (Å²) in [4.78, 5) is 13.9. The van der Waals surface area contributed by atoms with Crippen molar-refractivity contribution in [2.45, 2.75) is 52.2 Å². The normalized spacial score (nSPS) is 31.9. The van der Waals surface area contributed by atoms with Gasteiger partial charge in [0.2, 0.25) is 0 Å². The Morgan fingerprint density at radius 1 is 1.44 bits per heavy atom. The number of amides is 1. The molecule has 2 aliphatic heterocycles. The lowest BCUT2D eigenvalue weighted by molar-refractivity contribution is 0.000113. The van der Waals surface area contributed by atoms with Crippen molar-refractivity contribution >= 4 is 6.09 Å². The Labute approximate surface area is 110 Å². The summed E-state index contributed by atoms with van der Waals surface area (Å²) in [5.41, 5.74) is -0.359. The van der Waals surface area contributed by atoms with Crippen molar-refractivity contribution in [2.75, 3.05) is 19.7 Å². The van der Waals surface area contributed by atoms with E-state index in [-0.39, 0.29) is 11.7 Å². The highest BCUT2D eigenvalue weighted by Gasteiger charge is 2.55. The molecule has 1 spiro atoms. The molecule has 2 heterocycles. The van der Waals surface area contributed by atoms with Gasteiger partial charge in [-0.3, -0.25) is 0 Å². The van der Waals surface area contributed by atoms with Gasteiger partial charge in [0.25, 0.3) is 0 Å². The second-order valence-electron chi connectivity index (χ2n) is 6.88. The van der Waals surface area contributed by atoms with Crippen LogP contribution in [0.5, 0.6) is 0 Å². The molecule has 4 heteroatoms. The van der Waals surface area contributed by atoms with Crippen LogP contribution in [-0.4, -0.2) is 41.9 Å². The van der Waals surface area contributed by atoms with Crippen LogP contribution >= 0.6 is 0 Å². The van der Waals surface area contributed by atoms with Crippen molar-refractivity contribution in [1.82, 2.24) is 4.90 Å². The number of rotatable bonds is 1. The van der Waals surface area contributed by atoms with E-state index in [1.54, 1.807) is 0 Å². The lowest BCUT2D eigenvalue weighted by Crippen LogP contribution is -2.50. The third kappa shape index (κ3) is 2.79. The third-order valence-corrected chi connectivity index (χ3v) is 3.87. The SMILES string of the molecule is CC(C)C1CN(C(=O)OC(C)(C)C)CCC12CO2. The molecule has 2 rings (SSSR count). The Hall–Kier alpha value is -0.770. The molecule has 4 nitrogen and oxygen atoms in total. The highest BCUT2D eigenvalue weighted by molar-refractivity contribution is 5.68. The van der Waals surface area contributed by atoms with Crippen molar-refractivity contribution < 1.29 is 14.3 Å². The molecule has 2 aliphatic rings. The van der Waals surface area contributed by atoms with Crippen LogP contribution in [0.3, 0.4) is 0 Å². The predicted molar refractivity (Wildman–Crippen MR) is 69.4 cm³/mol. The fourth-order valence-corrected chi connectivity index (χ4v) is 2.77. The number of hydrogen-bond donors (Lipinski definition) is 0. The fourth-order valence-electron chi connectivity index (χ4n) is 2.77. The molecule has 0 N–H and O–H groups in total. The molecule has 2 saturated heterocycles. The summed E-state index contributed by atoms with van der Waals surface area (Å²) in [7, 11) is 0. The van der Waals surface area contributed by atoms with Crippen LogP contribution in [0.15, 0.2) is 0 Å². The number of piperidine rings is 1. The van der Waals surface area contributed by atoms with Gasteiger partial charge in [0.1, 0.15) is 5.60 Å². The van der Waals surface area contributed by atoms with Crippen molar-refractivity contribution in [3.05, 3.63) is 0 Å². The molecule has 0 aromatic rings. The topological polar surface area (TPSA) is 42.1 Å². The van der Waals surface area contributed by atoms with Crippen molar-refractivity contribution in [3.8, 4) is 0 Å². The van der Waals surface area contributed by atoms with Gasteiger partial charge in [0.05, 0.1) is 12.2 Å². The summed E-state index contributed by atoms with van der Waals surface area (Å²) >= 11 is 0. The average Bonchev–Trinajstić information content (AvgIpc) is 2.96. The van der Waals surface area contributed by atoms with E-state index in [0.717, 1.165) is 26.1 Å². The standard InChI is InChI=1S/C14H25NO3/c1-10(2)11-8-15(7-6-14(11)9-17-14)12(16)18-13(3,4)5/h10-11H,6-9H2,1-5H3. The molecule has 2 unspecified atom stereocenters. The molecule has 2 atom stereocenters. The molecule has 104 valence electrons. The van der Waals surface area contributed by atoms with E-state index < -0.39 is 5.60 Å². The van der Waals surface area contributed by atoms with Gasteiger partial charge in [-0.25, -0.2) is 4.79 Å². The first-order valence-electron chi connectivity index (χ1n) is 6.85. The summed E-state index contributed by atoms with van der Waals surface area (Å²) in [5.74, 6) is 0.955. The van der Waals surface area contributed by atoms with Crippen LogP contribution < -0.4 is 0 Å². The highest BCUT2D eigenvalue weighted by Crippen LogP contribution is 2.45. The van der Waals surface area contributed by atoms with Crippen molar-refractivity contribution in [1.29, 1.82) is 0 Å². The predicted octanol–water partition coefficient (Wildman–Crippen LogP) is 2.67. The molecule has 18 heavy (non-hydrogen) atoms. The lowest BCUT2D eigenvalue weighted by Gasteiger charge is -2.39. The number of carbonyl (C=O) groups excluding carboxylic acids is 1. The first-order valence-corrected chi connectivity index (χ1v) is 6.85. The number of hydrogen-bond acceptors (Lipinski definition) is 3. The molecular weight excluding hydrogens is 230 g/mol. The van der Waals surface area contributed by atoms with E-state index in [1.165, 1.54) is 0 Å². The minimum Gasteiger partial charge on any atom is -0.444 e. The molecule has 0 aromatic carbocycles. The average molecular weight is 255 g/mol. The smallest absolute Gasteiger partial charge is 0.410 e. The Balaban J connectivity index is 1.98. The van der Waals surface area contributed by atoms with Gasteiger partial charge in [0.15, 0.2) is 0 Å². The minimum absolute atomic E-state index is 0.0622. The monoisotopic (exact) mass is 255 g/mol. The fraction of sp³-hybridized carbons (Fsp3) is 0.929. The minimum atomic E-state index is -0.421. The maximum atomic E-state index is 12.1. The zero-order valence-corrected chi connectivity index (χ0v) is 12.2. The van der Waals surface area contributed by atoms with Gasteiger partial charge in [-0.15, -0.1) is 0 Å². The van der Waals surface area contributed by atoms with Gasteiger partial charge in [0, 0.05) is 19.0 Å². The summed E-state index contributed by atoms with van der Waals surface area (Å²) in [6.07, 6.45) is 0.749. The van der Waals surface area contributed by atoms with E-state index in [0.29, 0.717) is 11.8 Å². The highest BCUT2D eigenvalue weighted by atomic mass is 16.6. The zero-order valence-electron chi connectivity index (χ0n) is 12.2. The molecule has 0 aromatic heterocycles. The van der Waals surface area contributed by atoms with Crippen molar-refractivity contribution in [3.63, 3.8) is 0 Å². The summed E-state index contributed by atoms with van der Waals surface area (Å²) in [6, 6.07) is 0. The van der Waals surface area contributed by atoms with E-state index >= 15 is 0 Å². The number of ether oxygens (including phenoxy) is 2. The number of likely N-dealkylation sites (tertiary alicyclic amines) is 1. The van der Waals surface area contributed by atoms with E-state index in [4.69, 9.17) is 9.47 Å². The van der Waals surface area contributed by atoms with Crippen LogP contribution in [-0.2, 0) is 9.47 Å². The Bertz CT molecular complexity index is 328. The zero-order chi connectivity index (χ0) is 13.6. The van der Waals surface area contributed by atoms with Crippen LogP contribution in [0.2, 0.25) is 0 Å². The first kappa shape index (κ1) is 13.7. The Morgan fingerprint density at radius 3 is 2.50 bits per heavy atom. The van der Waals surface area contributed by atoms with E-state index in [9.17, 15) is 4.79 Å². The molecule has 2 fully saturated rings. The van der Waals surface area contributed by atoms with Crippen LogP contribution in [0.1, 0.15) is 41.0 Å². The maximum Gasteiger partial charge on any atom is 0.410 e. The molecular formula is C14H25NO3. The summed E-state index contributed by atoms with van der Waals surface area (Å²) < 4.78 is 11.1. The van der Waals surface area contributed by atoms with Crippen molar-refractivity contribution in [2.24, 2.45) is 11.8 Å². The van der Waals surface area contributed by atoms with Crippen LogP contribution in [0.4, 0.5) is 4.79 Å². The second-order valence-corrected chi connectivity index (χ2v) is 6.88. The maximum absolute atomic E-state index is 12.1. The van der Waals surface area contributed by atoms with E-state index in [1.807, 2.05) is 25.7 Å². The summed E-state index contributed by atoms with van der Waals surface area (Å²) in [6.45, 7) is 12.5. The lowest BCUT2D eigenvalue weighted by atomic mass is 9.78. The molecule has 0 bridgehead atoms. The first-order chi connectivity index (χ1) is 8.23.